The summed E-state index contributed by atoms with van der Waals surface area (Å²) < 4.78 is 0. The monoisotopic (exact) mass is 349 g/mol. The van der Waals surface area contributed by atoms with Crippen LogP contribution < -0.4 is 5.73 Å². The van der Waals surface area contributed by atoms with Crippen molar-refractivity contribution < 1.29 is 9.90 Å². The van der Waals surface area contributed by atoms with Gasteiger partial charge in [-0.2, -0.15) is 0 Å². The Balaban J connectivity index is 1.99. The normalized spacial score (nSPS) is 50.2. The number of carbonyl (C=O) groups is 1. The minimum absolute atomic E-state index is 0.307. The van der Waals surface area contributed by atoms with Crippen LogP contribution in [0.3, 0.4) is 0 Å². The van der Waals surface area contributed by atoms with Crippen LogP contribution in [-0.4, -0.2) is 17.6 Å². The number of hydrogen-bond acceptors (Lipinski definition) is 2. The lowest BCUT2D eigenvalue weighted by Crippen LogP contribution is -2.58. The Hall–Kier alpha value is -0.570. The van der Waals surface area contributed by atoms with Crippen molar-refractivity contribution in [1.29, 1.82) is 0 Å². The van der Waals surface area contributed by atoms with E-state index >= 15 is 0 Å². The highest BCUT2D eigenvalue weighted by molar-refractivity contribution is 5.74. The Morgan fingerprint density at radius 1 is 1.12 bits per heavy atom. The van der Waals surface area contributed by atoms with E-state index in [1.807, 2.05) is 6.92 Å². The van der Waals surface area contributed by atoms with E-state index < -0.39 is 11.4 Å². The molecule has 3 saturated carbocycles. The van der Waals surface area contributed by atoms with Crippen LogP contribution in [0.1, 0.15) is 79.6 Å². The fourth-order valence-corrected chi connectivity index (χ4v) is 7.08. The summed E-state index contributed by atoms with van der Waals surface area (Å²) >= 11 is 0. The van der Waals surface area contributed by atoms with Crippen LogP contribution in [0.15, 0.2) is 0 Å². The van der Waals surface area contributed by atoms with Gasteiger partial charge in [-0.15, -0.1) is 0 Å². The molecule has 3 heteroatoms. The molecular weight excluding hydrogens is 310 g/mol. The van der Waals surface area contributed by atoms with E-state index in [9.17, 15) is 9.90 Å². The van der Waals surface area contributed by atoms with Gasteiger partial charge in [0.1, 0.15) is 0 Å². The molecule has 25 heavy (non-hydrogen) atoms. The van der Waals surface area contributed by atoms with Gasteiger partial charge in [-0.25, -0.2) is 0 Å². The summed E-state index contributed by atoms with van der Waals surface area (Å²) in [6.07, 6.45) is 7.89. The van der Waals surface area contributed by atoms with E-state index in [-0.39, 0.29) is 0 Å². The van der Waals surface area contributed by atoms with E-state index in [2.05, 4.69) is 27.7 Å². The van der Waals surface area contributed by atoms with Gasteiger partial charge >= 0.3 is 5.97 Å². The quantitative estimate of drug-likeness (QED) is 0.758. The molecule has 0 radical (unpaired) electrons. The minimum atomic E-state index is -0.566. The van der Waals surface area contributed by atoms with Crippen molar-refractivity contribution in [3.8, 4) is 0 Å². The number of carboxylic acids is 1. The molecule has 3 fully saturated rings. The second kappa shape index (κ2) is 6.25. The second-order valence-corrected chi connectivity index (χ2v) is 10.7. The maximum absolute atomic E-state index is 12.1. The maximum Gasteiger partial charge on any atom is 0.309 e. The van der Waals surface area contributed by atoms with Gasteiger partial charge in [-0.05, 0) is 92.4 Å². The molecule has 3 aliphatic carbocycles. The summed E-state index contributed by atoms with van der Waals surface area (Å²) in [6.45, 7) is 12.5. The maximum atomic E-state index is 12.1. The molecule has 0 heterocycles. The molecule has 0 amide bonds. The summed E-state index contributed by atoms with van der Waals surface area (Å²) in [5.74, 6) is 2.23. The largest absolute Gasteiger partial charge is 0.481 e. The molecule has 3 nitrogen and oxygen atoms in total. The van der Waals surface area contributed by atoms with Gasteiger partial charge in [-0.3, -0.25) is 4.79 Å². The zero-order chi connectivity index (χ0) is 18.6. The van der Waals surface area contributed by atoms with Gasteiger partial charge in [-0.1, -0.05) is 34.1 Å². The van der Waals surface area contributed by atoms with Gasteiger partial charge in [0.25, 0.3) is 0 Å². The van der Waals surface area contributed by atoms with Crippen molar-refractivity contribution in [2.45, 2.75) is 79.6 Å². The molecule has 144 valence electrons. The van der Waals surface area contributed by atoms with Crippen LogP contribution in [0, 0.1) is 45.8 Å². The number of rotatable bonds is 3. The Morgan fingerprint density at radius 3 is 2.36 bits per heavy atom. The molecular formula is C22H39NO2. The minimum Gasteiger partial charge on any atom is -0.481 e. The highest BCUT2D eigenvalue weighted by Gasteiger charge is 2.60. The van der Waals surface area contributed by atoms with Gasteiger partial charge < -0.3 is 10.8 Å². The molecule has 7 unspecified atom stereocenters. The van der Waals surface area contributed by atoms with Crippen molar-refractivity contribution in [3.05, 3.63) is 0 Å². The predicted octanol–water partition coefficient (Wildman–Crippen LogP) is 4.94. The molecule has 0 spiro atoms. The van der Waals surface area contributed by atoms with Gasteiger partial charge in [0, 0.05) is 0 Å². The Labute approximate surface area is 154 Å². The first-order valence-corrected chi connectivity index (χ1v) is 10.5. The third-order valence-electron chi connectivity index (χ3n) is 9.43. The molecule has 0 bridgehead atoms. The topological polar surface area (TPSA) is 63.3 Å². The molecule has 3 aliphatic rings. The lowest BCUT2D eigenvalue weighted by atomic mass is 9.41. The Morgan fingerprint density at radius 2 is 1.80 bits per heavy atom. The zero-order valence-electron chi connectivity index (χ0n) is 17.0. The van der Waals surface area contributed by atoms with Crippen molar-refractivity contribution in [1.82, 2.24) is 0 Å². The van der Waals surface area contributed by atoms with Crippen LogP contribution in [0.25, 0.3) is 0 Å². The van der Waals surface area contributed by atoms with Crippen molar-refractivity contribution >= 4 is 5.97 Å². The van der Waals surface area contributed by atoms with E-state index in [0.29, 0.717) is 40.4 Å². The molecule has 0 aliphatic heterocycles. The predicted molar refractivity (Wildman–Crippen MR) is 102 cm³/mol. The SMILES string of the molecule is CC(C)C1(C)CC(CN)C2(C)CCC3C(CCCC3(C)C(=O)O)C2C1. The first-order chi connectivity index (χ1) is 11.6. The number of nitrogens with two attached hydrogens (primary N) is 1. The fraction of sp³-hybridized carbons (Fsp3) is 0.955. The summed E-state index contributed by atoms with van der Waals surface area (Å²) in [4.78, 5) is 12.1. The molecule has 3 rings (SSSR count). The average Bonchev–Trinajstić information content (AvgIpc) is 2.55. The molecule has 7 atom stereocenters. The highest BCUT2D eigenvalue weighted by atomic mass is 16.4. The van der Waals surface area contributed by atoms with Crippen molar-refractivity contribution in [2.24, 2.45) is 51.6 Å². The van der Waals surface area contributed by atoms with Crippen molar-refractivity contribution in [3.63, 3.8) is 0 Å². The molecule has 0 aromatic heterocycles. The zero-order valence-corrected chi connectivity index (χ0v) is 17.0. The number of fused-ring (bicyclic) bond motifs is 3. The van der Waals surface area contributed by atoms with Gasteiger partial charge in [0.15, 0.2) is 0 Å². The molecule has 3 N–H and O–H groups in total. The average molecular weight is 350 g/mol. The van der Waals surface area contributed by atoms with Crippen LogP contribution >= 0.6 is 0 Å². The van der Waals surface area contributed by atoms with Gasteiger partial charge in [0.05, 0.1) is 5.41 Å². The third-order valence-corrected chi connectivity index (χ3v) is 9.43. The van der Waals surface area contributed by atoms with Crippen LogP contribution in [0.2, 0.25) is 0 Å². The first kappa shape index (κ1) is 19.2. The third kappa shape index (κ3) is 2.76. The van der Waals surface area contributed by atoms with E-state index in [1.165, 1.54) is 19.3 Å². The van der Waals surface area contributed by atoms with Crippen LogP contribution in [0.5, 0.6) is 0 Å². The summed E-state index contributed by atoms with van der Waals surface area (Å²) in [6, 6.07) is 0. The first-order valence-electron chi connectivity index (χ1n) is 10.5. The van der Waals surface area contributed by atoms with E-state index in [4.69, 9.17) is 5.73 Å². The lowest BCUT2D eigenvalue weighted by Gasteiger charge is -2.63. The standard InChI is InChI=1S/C22H39NO2/c1-14(2)20(3)11-15(13-23)21(4)10-8-17-16(18(21)12-20)7-6-9-22(17,5)19(24)25/h14-18H,6-13,23H2,1-5H3,(H,24,25). The molecule has 0 aromatic carbocycles. The summed E-state index contributed by atoms with van der Waals surface area (Å²) in [5.41, 5.74) is 6.42. The fourth-order valence-electron chi connectivity index (χ4n) is 7.08. The van der Waals surface area contributed by atoms with Crippen LogP contribution in [-0.2, 0) is 4.79 Å². The smallest absolute Gasteiger partial charge is 0.309 e. The summed E-state index contributed by atoms with van der Waals surface area (Å²) in [7, 11) is 0. The number of hydrogen-bond donors (Lipinski definition) is 2. The highest BCUT2D eigenvalue weighted by Crippen LogP contribution is 2.66. The van der Waals surface area contributed by atoms with Gasteiger partial charge in [0.2, 0.25) is 0 Å². The summed E-state index contributed by atoms with van der Waals surface area (Å²) in [5, 5.41) is 9.97. The van der Waals surface area contributed by atoms with Crippen molar-refractivity contribution in [2.75, 3.05) is 6.54 Å². The lowest BCUT2D eigenvalue weighted by molar-refractivity contribution is -0.174. The number of carboxylic acid groups (broad SMARTS) is 1. The number of aliphatic carboxylic acids is 1. The second-order valence-electron chi connectivity index (χ2n) is 10.7. The Kier molecular flexibility index (Phi) is 4.80. The van der Waals surface area contributed by atoms with E-state index in [1.54, 1.807) is 0 Å². The van der Waals surface area contributed by atoms with Crippen LogP contribution in [0.4, 0.5) is 0 Å². The van der Waals surface area contributed by atoms with E-state index in [0.717, 1.165) is 32.2 Å². The molecule has 0 aromatic rings. The molecule has 0 saturated heterocycles. The Bertz CT molecular complexity index is 532.